The summed E-state index contributed by atoms with van der Waals surface area (Å²) >= 11 is 0. The Labute approximate surface area is 243 Å². The van der Waals surface area contributed by atoms with Gasteiger partial charge in [-0.3, -0.25) is 9.20 Å². The van der Waals surface area contributed by atoms with Crippen LogP contribution in [0.1, 0.15) is 36.1 Å². The van der Waals surface area contributed by atoms with Gasteiger partial charge in [0.25, 0.3) is 5.91 Å². The Hall–Kier alpha value is -4.18. The molecule has 3 aromatic heterocycles. The van der Waals surface area contributed by atoms with Gasteiger partial charge in [0.15, 0.2) is 0 Å². The van der Waals surface area contributed by atoms with Gasteiger partial charge < -0.3 is 24.6 Å². The van der Waals surface area contributed by atoms with E-state index in [1.807, 2.05) is 44.8 Å². The van der Waals surface area contributed by atoms with Crippen LogP contribution in [-0.4, -0.2) is 86.9 Å². The second-order valence-corrected chi connectivity index (χ2v) is 12.5. The lowest BCUT2D eigenvalue weighted by Crippen LogP contribution is -2.45. The van der Waals surface area contributed by atoms with Crippen molar-refractivity contribution in [2.24, 2.45) is 5.41 Å². The van der Waals surface area contributed by atoms with E-state index >= 15 is 4.39 Å². The van der Waals surface area contributed by atoms with Crippen LogP contribution < -0.4 is 5.32 Å². The fraction of sp³-hybridized carbons (Fsp3) is 0.406. The van der Waals surface area contributed by atoms with Gasteiger partial charge in [0.1, 0.15) is 11.5 Å². The monoisotopic (exact) mass is 567 g/mol. The third-order valence-electron chi connectivity index (χ3n) is 9.97. The van der Waals surface area contributed by atoms with Crippen LogP contribution in [0.2, 0.25) is 0 Å². The van der Waals surface area contributed by atoms with Crippen LogP contribution >= 0.6 is 0 Å². The van der Waals surface area contributed by atoms with E-state index in [0.717, 1.165) is 78.7 Å². The second-order valence-electron chi connectivity index (χ2n) is 12.5. The molecule has 0 bridgehead atoms. The van der Waals surface area contributed by atoms with Crippen LogP contribution in [0.4, 0.5) is 9.18 Å². The molecule has 7 heterocycles. The lowest BCUT2D eigenvalue weighted by molar-refractivity contribution is -0.114. The van der Waals surface area contributed by atoms with Crippen molar-refractivity contribution in [3.63, 3.8) is 0 Å². The summed E-state index contributed by atoms with van der Waals surface area (Å²) in [5.41, 5.74) is 5.67. The Balaban J connectivity index is 1.14. The van der Waals surface area contributed by atoms with Crippen LogP contribution in [-0.2, 0) is 17.9 Å². The maximum absolute atomic E-state index is 15.2. The molecular formula is C32H34FN7O2. The first kappa shape index (κ1) is 25.5. The van der Waals surface area contributed by atoms with Crippen LogP contribution in [0.25, 0.3) is 27.7 Å². The number of fused-ring (bicyclic) bond motifs is 1. The molecule has 1 N–H and O–H groups in total. The SMILES string of the molecule is CN1CCC2(CC1)CCN(C(=O)N1CCn3cc(C4=C(c5cnc6ccccn56)C(=O)NC4)c4cc(F)cc(c43)C1)C2. The summed E-state index contributed by atoms with van der Waals surface area (Å²) in [4.78, 5) is 37.7. The average molecular weight is 568 g/mol. The van der Waals surface area contributed by atoms with E-state index in [1.165, 1.54) is 0 Å². The minimum absolute atomic E-state index is 0.0531. The van der Waals surface area contributed by atoms with E-state index in [4.69, 9.17) is 0 Å². The molecule has 10 heteroatoms. The van der Waals surface area contributed by atoms with Gasteiger partial charge >= 0.3 is 6.03 Å². The Morgan fingerprint density at radius 3 is 2.74 bits per heavy atom. The molecule has 1 spiro atoms. The topological polar surface area (TPSA) is 78.1 Å². The molecule has 2 saturated heterocycles. The van der Waals surface area contributed by atoms with Crippen LogP contribution in [0.5, 0.6) is 0 Å². The van der Waals surface area contributed by atoms with Gasteiger partial charge in [-0.25, -0.2) is 14.2 Å². The normalized spacial score (nSPS) is 20.8. The number of urea groups is 1. The van der Waals surface area contributed by atoms with Crippen LogP contribution in [0.3, 0.4) is 0 Å². The van der Waals surface area contributed by atoms with E-state index in [2.05, 4.69) is 26.8 Å². The molecule has 9 nitrogen and oxygen atoms in total. The molecule has 0 saturated carbocycles. The quantitative estimate of drug-likeness (QED) is 0.400. The number of nitrogens with one attached hydrogen (secondary N) is 1. The van der Waals surface area contributed by atoms with Gasteiger partial charge in [-0.15, -0.1) is 0 Å². The van der Waals surface area contributed by atoms with Gasteiger partial charge in [0, 0.05) is 62.6 Å². The van der Waals surface area contributed by atoms with Gasteiger partial charge in [-0.05, 0) is 80.2 Å². The minimum Gasteiger partial charge on any atom is -0.348 e. The number of carbonyl (C=O) groups excluding carboxylic acids is 2. The zero-order chi connectivity index (χ0) is 28.6. The number of likely N-dealkylation sites (tertiary alicyclic amines) is 2. The van der Waals surface area contributed by atoms with Crippen molar-refractivity contribution in [3.05, 3.63) is 71.6 Å². The summed E-state index contributed by atoms with van der Waals surface area (Å²) in [5, 5.41) is 3.75. The molecule has 4 aliphatic rings. The zero-order valence-corrected chi connectivity index (χ0v) is 23.8. The molecule has 0 unspecified atom stereocenters. The molecule has 2 fully saturated rings. The van der Waals surface area contributed by atoms with Crippen LogP contribution in [0, 0.1) is 11.2 Å². The number of hydrogen-bond donors (Lipinski definition) is 1. The number of nitrogens with zero attached hydrogens (tertiary/aromatic N) is 6. The number of hydrogen-bond acceptors (Lipinski definition) is 4. The molecule has 0 atom stereocenters. The molecule has 8 rings (SSSR count). The van der Waals surface area contributed by atoms with Gasteiger partial charge in [0.05, 0.1) is 23.0 Å². The summed E-state index contributed by atoms with van der Waals surface area (Å²) in [6.07, 6.45) is 8.98. The Morgan fingerprint density at radius 2 is 1.88 bits per heavy atom. The van der Waals surface area contributed by atoms with Crippen molar-refractivity contribution in [1.82, 2.24) is 34.0 Å². The molecule has 4 aliphatic heterocycles. The summed E-state index contributed by atoms with van der Waals surface area (Å²) in [6.45, 7) is 5.63. The van der Waals surface area contributed by atoms with E-state index in [1.54, 1.807) is 18.3 Å². The molecule has 3 amide bonds. The van der Waals surface area contributed by atoms with Crippen molar-refractivity contribution in [3.8, 4) is 0 Å². The minimum atomic E-state index is -0.341. The third kappa shape index (κ3) is 3.95. The number of amides is 3. The van der Waals surface area contributed by atoms with Crippen LogP contribution in [0.15, 0.2) is 48.9 Å². The van der Waals surface area contributed by atoms with Crippen molar-refractivity contribution in [1.29, 1.82) is 0 Å². The Kier molecular flexibility index (Phi) is 5.72. The number of aromatic nitrogens is 3. The number of imidazole rings is 1. The number of rotatable bonds is 2. The Morgan fingerprint density at radius 1 is 1.05 bits per heavy atom. The molecule has 1 aromatic carbocycles. The second kappa shape index (κ2) is 9.42. The number of halogens is 1. The maximum Gasteiger partial charge on any atom is 0.320 e. The summed E-state index contributed by atoms with van der Waals surface area (Å²) in [6, 6.07) is 8.91. The molecule has 0 radical (unpaired) electrons. The summed E-state index contributed by atoms with van der Waals surface area (Å²) in [5.74, 6) is -0.503. The van der Waals surface area contributed by atoms with Gasteiger partial charge in [-0.2, -0.15) is 0 Å². The molecule has 4 aromatic rings. The average Bonchev–Trinajstić information content (AvgIpc) is 3.74. The molecule has 216 valence electrons. The Bertz CT molecular complexity index is 1790. The fourth-order valence-corrected chi connectivity index (χ4v) is 7.60. The number of piperidine rings is 1. The highest BCUT2D eigenvalue weighted by Crippen LogP contribution is 2.41. The molecular weight excluding hydrogens is 533 g/mol. The van der Waals surface area contributed by atoms with Crippen molar-refractivity contribution in [2.45, 2.75) is 32.4 Å². The first-order valence-corrected chi connectivity index (χ1v) is 14.9. The summed E-state index contributed by atoms with van der Waals surface area (Å²) in [7, 11) is 2.17. The van der Waals surface area contributed by atoms with Crippen molar-refractivity contribution in [2.75, 3.05) is 46.3 Å². The van der Waals surface area contributed by atoms with Crippen molar-refractivity contribution < 1.29 is 14.0 Å². The van der Waals surface area contributed by atoms with E-state index < -0.39 is 0 Å². The predicted octanol–water partition coefficient (Wildman–Crippen LogP) is 3.82. The maximum atomic E-state index is 15.2. The molecule has 0 aliphatic carbocycles. The van der Waals surface area contributed by atoms with Crippen molar-refractivity contribution >= 4 is 39.6 Å². The molecule has 42 heavy (non-hydrogen) atoms. The zero-order valence-electron chi connectivity index (χ0n) is 23.8. The standard InChI is InChI=1S/C32H34FN7O2/c1-36-9-5-32(6-10-36)7-11-39(20-32)31(42)38-13-12-37-19-25(23-15-22(33)14-21(18-38)29(23)37)24-16-35-30(41)28(24)26-17-34-27-4-2-3-8-40(26)27/h2-4,8,14-15,17,19H,5-7,9-13,16,18,20H2,1H3,(H,35,41). The number of carbonyl (C=O) groups is 2. The lowest BCUT2D eigenvalue weighted by Gasteiger charge is -2.38. The largest absolute Gasteiger partial charge is 0.348 e. The highest BCUT2D eigenvalue weighted by atomic mass is 19.1. The van der Waals surface area contributed by atoms with Gasteiger partial charge in [0.2, 0.25) is 0 Å². The highest BCUT2D eigenvalue weighted by Gasteiger charge is 2.42. The van der Waals surface area contributed by atoms with E-state index in [0.29, 0.717) is 37.4 Å². The first-order valence-electron chi connectivity index (χ1n) is 14.9. The smallest absolute Gasteiger partial charge is 0.320 e. The number of pyridine rings is 1. The van der Waals surface area contributed by atoms with Gasteiger partial charge in [-0.1, -0.05) is 6.07 Å². The lowest BCUT2D eigenvalue weighted by atomic mass is 9.78. The van der Waals surface area contributed by atoms with E-state index in [-0.39, 0.29) is 23.2 Å². The highest BCUT2D eigenvalue weighted by molar-refractivity contribution is 6.31. The third-order valence-corrected chi connectivity index (χ3v) is 9.97. The number of benzene rings is 1. The predicted molar refractivity (Wildman–Crippen MR) is 158 cm³/mol. The first-order chi connectivity index (χ1) is 20.4. The van der Waals surface area contributed by atoms with E-state index in [9.17, 15) is 9.59 Å². The fourth-order valence-electron chi connectivity index (χ4n) is 7.60. The summed E-state index contributed by atoms with van der Waals surface area (Å²) < 4.78 is 19.3.